The number of methoxy groups -OCH3 is 1. The van der Waals surface area contributed by atoms with Gasteiger partial charge >= 0.3 is 0 Å². The Morgan fingerprint density at radius 1 is 0.968 bits per heavy atom. The lowest BCUT2D eigenvalue weighted by molar-refractivity contribution is 0.0984. The summed E-state index contributed by atoms with van der Waals surface area (Å²) in [6, 6.07) is 10.4. The fourth-order valence-corrected chi connectivity index (χ4v) is 6.16. The van der Waals surface area contributed by atoms with E-state index in [0.717, 1.165) is 55.3 Å². The molecule has 0 saturated carbocycles. The van der Waals surface area contributed by atoms with E-state index in [2.05, 4.69) is 0 Å². The zero-order valence-electron chi connectivity index (χ0n) is 18.3. The molecule has 0 bridgehead atoms. The van der Waals surface area contributed by atoms with E-state index in [1.807, 2.05) is 19.1 Å². The highest BCUT2D eigenvalue weighted by Crippen LogP contribution is 2.39. The first-order valence-electron chi connectivity index (χ1n) is 11.0. The molecule has 2 aromatic rings. The maximum Gasteiger partial charge on any atom is 0.258 e. The fourth-order valence-electron chi connectivity index (χ4n) is 4.60. The second-order valence-electron chi connectivity index (χ2n) is 8.32. The lowest BCUT2D eigenvalue weighted by Crippen LogP contribution is -2.36. The van der Waals surface area contributed by atoms with E-state index in [-0.39, 0.29) is 10.8 Å². The summed E-state index contributed by atoms with van der Waals surface area (Å²) >= 11 is 0. The van der Waals surface area contributed by atoms with Crippen LogP contribution in [0.5, 0.6) is 5.75 Å². The Labute approximate surface area is 184 Å². The number of hydrogen-bond acceptors (Lipinski definition) is 4. The van der Waals surface area contributed by atoms with Crippen molar-refractivity contribution in [2.75, 3.05) is 31.6 Å². The van der Waals surface area contributed by atoms with Crippen LogP contribution in [0.1, 0.15) is 53.6 Å². The number of hydrogen-bond donors (Lipinski definition) is 0. The Balaban J connectivity index is 1.68. The van der Waals surface area contributed by atoms with Gasteiger partial charge in [-0.1, -0.05) is 25.0 Å². The first-order chi connectivity index (χ1) is 14.9. The summed E-state index contributed by atoms with van der Waals surface area (Å²) < 4.78 is 33.5. The van der Waals surface area contributed by atoms with Crippen LogP contribution in [0.3, 0.4) is 0 Å². The molecule has 1 amide bonds. The molecule has 0 unspecified atom stereocenters. The number of carbonyl (C=O) groups is 1. The van der Waals surface area contributed by atoms with Gasteiger partial charge in [-0.3, -0.25) is 4.79 Å². The molecule has 6 nitrogen and oxygen atoms in total. The SMILES string of the molecule is COc1ccc(C)c2c1N(C(=O)c1cccc(S(=O)(=O)N3CCCCCC3)c1)CCC2. The molecule has 0 aliphatic carbocycles. The van der Waals surface area contributed by atoms with E-state index in [4.69, 9.17) is 4.74 Å². The minimum atomic E-state index is -3.61. The molecular weight excluding hydrogens is 412 g/mol. The van der Waals surface area contributed by atoms with Crippen LogP contribution in [0.15, 0.2) is 41.3 Å². The van der Waals surface area contributed by atoms with Crippen molar-refractivity contribution in [1.29, 1.82) is 0 Å². The number of benzene rings is 2. The van der Waals surface area contributed by atoms with E-state index in [9.17, 15) is 13.2 Å². The molecule has 0 aromatic heterocycles. The Hall–Kier alpha value is -2.38. The highest BCUT2D eigenvalue weighted by atomic mass is 32.2. The van der Waals surface area contributed by atoms with Gasteiger partial charge < -0.3 is 9.64 Å². The van der Waals surface area contributed by atoms with E-state index >= 15 is 0 Å². The van der Waals surface area contributed by atoms with Crippen LogP contribution in [0.4, 0.5) is 5.69 Å². The van der Waals surface area contributed by atoms with Gasteiger partial charge in [-0.2, -0.15) is 4.31 Å². The van der Waals surface area contributed by atoms with Crippen molar-refractivity contribution in [3.05, 3.63) is 53.1 Å². The summed E-state index contributed by atoms with van der Waals surface area (Å²) in [7, 11) is -2.01. The third kappa shape index (κ3) is 4.21. The number of rotatable bonds is 4. The van der Waals surface area contributed by atoms with Gasteiger partial charge in [0, 0.05) is 25.2 Å². The van der Waals surface area contributed by atoms with Gasteiger partial charge in [0.25, 0.3) is 5.91 Å². The smallest absolute Gasteiger partial charge is 0.258 e. The number of amides is 1. The molecule has 0 spiro atoms. The van der Waals surface area contributed by atoms with E-state index < -0.39 is 10.0 Å². The monoisotopic (exact) mass is 442 g/mol. The highest BCUT2D eigenvalue weighted by molar-refractivity contribution is 7.89. The maximum absolute atomic E-state index is 13.5. The standard InChI is InChI=1S/C24H30N2O4S/c1-18-12-13-22(30-2)23-21(18)11-8-16-26(23)24(27)19-9-7-10-20(17-19)31(28,29)25-14-5-3-4-6-15-25/h7,9-10,12-13,17H,3-6,8,11,14-16H2,1-2H3. The third-order valence-electron chi connectivity index (χ3n) is 6.31. The first-order valence-corrected chi connectivity index (χ1v) is 12.5. The van der Waals surface area contributed by atoms with E-state index in [0.29, 0.717) is 30.9 Å². The molecule has 2 aliphatic heterocycles. The molecule has 166 valence electrons. The first kappa shape index (κ1) is 21.8. The number of anilines is 1. The van der Waals surface area contributed by atoms with Crippen molar-refractivity contribution in [2.24, 2.45) is 0 Å². The van der Waals surface area contributed by atoms with Crippen molar-refractivity contribution < 1.29 is 17.9 Å². The average molecular weight is 443 g/mol. The zero-order valence-corrected chi connectivity index (χ0v) is 19.1. The largest absolute Gasteiger partial charge is 0.495 e. The number of sulfonamides is 1. The van der Waals surface area contributed by atoms with Gasteiger partial charge in [0.05, 0.1) is 17.7 Å². The second-order valence-corrected chi connectivity index (χ2v) is 10.3. The Morgan fingerprint density at radius 2 is 1.71 bits per heavy atom. The normalized spacial score (nSPS) is 17.7. The summed E-state index contributed by atoms with van der Waals surface area (Å²) in [5.41, 5.74) is 3.44. The third-order valence-corrected chi connectivity index (χ3v) is 8.20. The van der Waals surface area contributed by atoms with E-state index in [1.54, 1.807) is 34.5 Å². The van der Waals surface area contributed by atoms with Gasteiger partial charge in [-0.15, -0.1) is 0 Å². The van der Waals surface area contributed by atoms with Gasteiger partial charge in [-0.25, -0.2) is 8.42 Å². The van der Waals surface area contributed by atoms with Crippen LogP contribution in [-0.4, -0.2) is 45.4 Å². The molecule has 2 aliphatic rings. The topological polar surface area (TPSA) is 66.9 Å². The molecule has 31 heavy (non-hydrogen) atoms. The molecule has 1 saturated heterocycles. The molecular formula is C24H30N2O4S. The van der Waals surface area contributed by atoms with Crippen molar-refractivity contribution in [2.45, 2.75) is 50.3 Å². The van der Waals surface area contributed by atoms with Crippen LogP contribution in [0, 0.1) is 6.92 Å². The van der Waals surface area contributed by atoms with Crippen molar-refractivity contribution in [3.8, 4) is 5.75 Å². The minimum absolute atomic E-state index is 0.189. The van der Waals surface area contributed by atoms with Crippen LogP contribution in [0.2, 0.25) is 0 Å². The number of fused-ring (bicyclic) bond motifs is 1. The zero-order chi connectivity index (χ0) is 22.0. The summed E-state index contributed by atoms with van der Waals surface area (Å²) in [4.78, 5) is 15.4. The van der Waals surface area contributed by atoms with Crippen LogP contribution < -0.4 is 9.64 Å². The van der Waals surface area contributed by atoms with Crippen LogP contribution >= 0.6 is 0 Å². The molecule has 0 radical (unpaired) electrons. The molecule has 4 rings (SSSR count). The summed E-state index contributed by atoms with van der Waals surface area (Å²) in [6.07, 6.45) is 5.62. The van der Waals surface area contributed by atoms with Crippen molar-refractivity contribution in [1.82, 2.24) is 4.31 Å². The number of carbonyl (C=O) groups excluding carboxylic acids is 1. The number of nitrogens with zero attached hydrogens (tertiary/aromatic N) is 2. The van der Waals surface area contributed by atoms with Gasteiger partial charge in [0.15, 0.2) is 0 Å². The van der Waals surface area contributed by atoms with Crippen LogP contribution in [0.25, 0.3) is 0 Å². The van der Waals surface area contributed by atoms with Crippen molar-refractivity contribution in [3.63, 3.8) is 0 Å². The Bertz CT molecular complexity index is 1070. The predicted molar refractivity (Wildman–Crippen MR) is 121 cm³/mol. The van der Waals surface area contributed by atoms with E-state index in [1.165, 1.54) is 6.07 Å². The number of aryl methyl sites for hydroxylation is 1. The average Bonchev–Trinajstić information content (AvgIpc) is 3.09. The highest BCUT2D eigenvalue weighted by Gasteiger charge is 2.30. The molecule has 2 heterocycles. The molecule has 7 heteroatoms. The van der Waals surface area contributed by atoms with Crippen molar-refractivity contribution >= 4 is 21.6 Å². The summed E-state index contributed by atoms with van der Waals surface area (Å²) in [5.74, 6) is 0.472. The van der Waals surface area contributed by atoms with Gasteiger partial charge in [0.2, 0.25) is 10.0 Å². The second kappa shape index (κ2) is 9.01. The lowest BCUT2D eigenvalue weighted by atomic mass is 9.95. The lowest BCUT2D eigenvalue weighted by Gasteiger charge is -2.32. The summed E-state index contributed by atoms with van der Waals surface area (Å²) in [5, 5.41) is 0. The quantitative estimate of drug-likeness (QED) is 0.713. The van der Waals surface area contributed by atoms with Gasteiger partial charge in [-0.05, 0) is 68.0 Å². The molecule has 2 aromatic carbocycles. The predicted octanol–water partition coefficient (Wildman–Crippen LogP) is 4.16. The van der Waals surface area contributed by atoms with Crippen LogP contribution in [-0.2, 0) is 16.4 Å². The summed E-state index contributed by atoms with van der Waals surface area (Å²) in [6.45, 7) is 3.70. The molecule has 0 N–H and O–H groups in total. The molecule has 0 atom stereocenters. The number of ether oxygens (including phenoxy) is 1. The maximum atomic E-state index is 13.5. The molecule has 1 fully saturated rings. The Kier molecular flexibility index (Phi) is 6.34. The minimum Gasteiger partial charge on any atom is -0.495 e. The fraction of sp³-hybridized carbons (Fsp3) is 0.458. The van der Waals surface area contributed by atoms with Gasteiger partial charge in [0.1, 0.15) is 5.75 Å². The Morgan fingerprint density at radius 3 is 2.42 bits per heavy atom.